The zero-order chi connectivity index (χ0) is 41.3. The zero-order valence-corrected chi connectivity index (χ0v) is 38.4. The Balaban J connectivity index is 4.30. The van der Waals surface area contributed by atoms with Gasteiger partial charge in [-0.2, -0.15) is 0 Å². The van der Waals surface area contributed by atoms with E-state index in [9.17, 15) is 14.4 Å². The van der Waals surface area contributed by atoms with Gasteiger partial charge in [0.25, 0.3) is 0 Å². The van der Waals surface area contributed by atoms with Gasteiger partial charge in [-0.15, -0.1) is 0 Å². The average molecular weight is 793 g/mol. The van der Waals surface area contributed by atoms with Crippen molar-refractivity contribution in [2.75, 3.05) is 13.2 Å². The summed E-state index contributed by atoms with van der Waals surface area (Å²) in [6.07, 6.45) is 39.6. The number of hydrogen-bond acceptors (Lipinski definition) is 6. The highest BCUT2D eigenvalue weighted by Crippen LogP contribution is 2.17. The maximum Gasteiger partial charge on any atom is 0.306 e. The molecule has 0 amide bonds. The Kier molecular flexibility index (Phi) is 40.4. The lowest BCUT2D eigenvalue weighted by atomic mass is 10.0. The molecule has 0 aromatic heterocycles. The van der Waals surface area contributed by atoms with E-state index in [0.717, 1.165) is 75.5 Å². The number of rotatable bonds is 43. The first-order valence-electron chi connectivity index (χ1n) is 24.6. The van der Waals surface area contributed by atoms with Crippen LogP contribution in [0, 0.1) is 17.8 Å². The lowest BCUT2D eigenvalue weighted by Crippen LogP contribution is -2.30. The highest BCUT2D eigenvalue weighted by Gasteiger charge is 2.19. The predicted molar refractivity (Wildman–Crippen MR) is 238 cm³/mol. The van der Waals surface area contributed by atoms with Crippen molar-refractivity contribution in [2.24, 2.45) is 17.8 Å². The summed E-state index contributed by atoms with van der Waals surface area (Å²) in [5, 5.41) is 0. The quantitative estimate of drug-likeness (QED) is 0.0348. The van der Waals surface area contributed by atoms with Crippen molar-refractivity contribution in [1.29, 1.82) is 0 Å². The van der Waals surface area contributed by atoms with Gasteiger partial charge in [0.2, 0.25) is 0 Å². The van der Waals surface area contributed by atoms with Gasteiger partial charge in [0.15, 0.2) is 6.10 Å². The van der Waals surface area contributed by atoms with Gasteiger partial charge < -0.3 is 14.2 Å². The summed E-state index contributed by atoms with van der Waals surface area (Å²) in [6.45, 7) is 13.6. The number of esters is 3. The van der Waals surface area contributed by atoms with Crippen molar-refractivity contribution in [2.45, 2.75) is 272 Å². The van der Waals surface area contributed by atoms with E-state index in [4.69, 9.17) is 14.2 Å². The van der Waals surface area contributed by atoms with Crippen LogP contribution in [0.15, 0.2) is 0 Å². The van der Waals surface area contributed by atoms with Crippen molar-refractivity contribution in [3.8, 4) is 0 Å². The molecule has 0 radical (unpaired) electrons. The van der Waals surface area contributed by atoms with Crippen molar-refractivity contribution in [3.05, 3.63) is 0 Å². The minimum atomic E-state index is -0.762. The Morgan fingerprint density at radius 1 is 0.304 bits per heavy atom. The summed E-state index contributed by atoms with van der Waals surface area (Å²) in [4.78, 5) is 37.8. The summed E-state index contributed by atoms with van der Waals surface area (Å²) in [5.74, 6) is 1.57. The lowest BCUT2D eigenvalue weighted by Gasteiger charge is -2.18. The third kappa shape index (κ3) is 43.5. The predicted octanol–water partition coefficient (Wildman–Crippen LogP) is 15.6. The van der Waals surface area contributed by atoms with Crippen LogP contribution >= 0.6 is 0 Å². The molecule has 0 aliphatic rings. The molecule has 0 aromatic rings. The van der Waals surface area contributed by atoms with Crippen LogP contribution in [0.25, 0.3) is 0 Å². The molecule has 0 saturated heterocycles. The van der Waals surface area contributed by atoms with E-state index in [2.05, 4.69) is 41.5 Å². The molecular formula is C50H96O6. The van der Waals surface area contributed by atoms with Crippen LogP contribution in [-0.2, 0) is 28.6 Å². The molecule has 0 spiro atoms. The van der Waals surface area contributed by atoms with Gasteiger partial charge >= 0.3 is 17.9 Å². The fraction of sp³-hybridized carbons (Fsp3) is 0.940. The minimum Gasteiger partial charge on any atom is -0.462 e. The van der Waals surface area contributed by atoms with Gasteiger partial charge in [-0.25, -0.2) is 0 Å². The fourth-order valence-corrected chi connectivity index (χ4v) is 7.41. The Morgan fingerprint density at radius 2 is 0.518 bits per heavy atom. The van der Waals surface area contributed by atoms with Gasteiger partial charge in [-0.05, 0) is 37.0 Å². The maximum absolute atomic E-state index is 12.7. The van der Waals surface area contributed by atoms with Gasteiger partial charge in [-0.3, -0.25) is 14.4 Å². The highest BCUT2D eigenvalue weighted by molar-refractivity contribution is 5.71. The summed E-state index contributed by atoms with van der Waals surface area (Å²) < 4.78 is 16.8. The molecule has 0 heterocycles. The normalized spacial score (nSPS) is 12.2. The molecule has 332 valence electrons. The molecule has 0 rings (SSSR count). The first kappa shape index (κ1) is 54.4. The third-order valence-electron chi connectivity index (χ3n) is 11.1. The van der Waals surface area contributed by atoms with Crippen LogP contribution < -0.4 is 0 Å². The second-order valence-corrected chi connectivity index (χ2v) is 18.5. The first-order chi connectivity index (χ1) is 27.1. The van der Waals surface area contributed by atoms with Crippen LogP contribution in [0.3, 0.4) is 0 Å². The molecule has 0 aliphatic heterocycles. The van der Waals surface area contributed by atoms with E-state index in [-0.39, 0.29) is 31.1 Å². The second-order valence-electron chi connectivity index (χ2n) is 18.5. The van der Waals surface area contributed by atoms with E-state index in [1.165, 1.54) is 148 Å². The average Bonchev–Trinajstić information content (AvgIpc) is 3.15. The molecule has 6 nitrogen and oxygen atoms in total. The monoisotopic (exact) mass is 793 g/mol. The van der Waals surface area contributed by atoms with Gasteiger partial charge in [-0.1, -0.05) is 228 Å². The van der Waals surface area contributed by atoms with Gasteiger partial charge in [0.05, 0.1) is 0 Å². The van der Waals surface area contributed by atoms with Crippen LogP contribution in [0.4, 0.5) is 0 Å². The number of carbonyl (C=O) groups excluding carboxylic acids is 3. The van der Waals surface area contributed by atoms with E-state index in [0.29, 0.717) is 19.3 Å². The fourth-order valence-electron chi connectivity index (χ4n) is 7.41. The Morgan fingerprint density at radius 3 is 0.768 bits per heavy atom. The number of unbranched alkanes of at least 4 members (excludes halogenated alkanes) is 26. The van der Waals surface area contributed by atoms with Crippen molar-refractivity contribution >= 4 is 17.9 Å². The van der Waals surface area contributed by atoms with Crippen LogP contribution in [0.5, 0.6) is 0 Å². The topological polar surface area (TPSA) is 78.9 Å². The van der Waals surface area contributed by atoms with Crippen molar-refractivity contribution < 1.29 is 28.6 Å². The number of hydrogen-bond donors (Lipinski definition) is 0. The van der Waals surface area contributed by atoms with Crippen LogP contribution in [0.2, 0.25) is 0 Å². The first-order valence-corrected chi connectivity index (χ1v) is 24.6. The third-order valence-corrected chi connectivity index (χ3v) is 11.1. The molecule has 0 fully saturated rings. The minimum absolute atomic E-state index is 0.0657. The van der Waals surface area contributed by atoms with E-state index >= 15 is 0 Å². The van der Waals surface area contributed by atoms with Gasteiger partial charge in [0.1, 0.15) is 13.2 Å². The van der Waals surface area contributed by atoms with E-state index < -0.39 is 6.10 Å². The molecule has 1 atom stereocenters. The smallest absolute Gasteiger partial charge is 0.306 e. The summed E-state index contributed by atoms with van der Waals surface area (Å²) in [5.41, 5.74) is 0. The van der Waals surface area contributed by atoms with Crippen LogP contribution in [-0.4, -0.2) is 37.2 Å². The molecular weight excluding hydrogens is 697 g/mol. The molecule has 6 heteroatoms. The SMILES string of the molecule is CC(C)CCCCCCCCCCCCCCCC(=O)OC[C@@H](COC(=O)CCCCCCCCCCC(C)C)OC(=O)CCCCCCCCCCC(C)C. The van der Waals surface area contributed by atoms with Gasteiger partial charge in [0, 0.05) is 19.3 Å². The number of carbonyl (C=O) groups is 3. The standard InChI is InChI=1S/C50H96O6/c1-44(2)36-30-24-18-12-10-8-7-9-11-13-21-27-33-39-48(51)54-42-47(56-50(53)41-35-29-23-17-15-20-26-32-38-46(5)6)43-55-49(52)40-34-28-22-16-14-19-25-31-37-45(3)4/h44-47H,7-43H2,1-6H3/t47-/m0/s1. The Bertz CT molecular complexity index is 868. The van der Waals surface area contributed by atoms with Crippen LogP contribution in [0.1, 0.15) is 266 Å². The molecule has 0 unspecified atom stereocenters. The summed E-state index contributed by atoms with van der Waals surface area (Å²) in [7, 11) is 0. The molecule has 0 bridgehead atoms. The van der Waals surface area contributed by atoms with E-state index in [1.54, 1.807) is 0 Å². The molecule has 56 heavy (non-hydrogen) atoms. The number of ether oxygens (including phenoxy) is 3. The Labute approximate surface area is 348 Å². The zero-order valence-electron chi connectivity index (χ0n) is 38.4. The largest absolute Gasteiger partial charge is 0.462 e. The molecule has 0 aliphatic carbocycles. The van der Waals surface area contributed by atoms with E-state index in [1.807, 2.05) is 0 Å². The summed E-state index contributed by atoms with van der Waals surface area (Å²) in [6, 6.07) is 0. The maximum atomic E-state index is 12.7. The van der Waals surface area contributed by atoms with Crippen molar-refractivity contribution in [1.82, 2.24) is 0 Å². The molecule has 0 N–H and O–H groups in total. The molecule has 0 saturated carbocycles. The Hall–Kier alpha value is -1.59. The highest BCUT2D eigenvalue weighted by atomic mass is 16.6. The molecule has 0 aromatic carbocycles. The second kappa shape index (κ2) is 41.6. The van der Waals surface area contributed by atoms with Crippen molar-refractivity contribution in [3.63, 3.8) is 0 Å². The lowest BCUT2D eigenvalue weighted by molar-refractivity contribution is -0.167. The summed E-state index contributed by atoms with van der Waals surface area (Å²) >= 11 is 0.